The van der Waals surface area contributed by atoms with Crippen LogP contribution in [0.2, 0.25) is 0 Å². The molecule has 0 amide bonds. The molecule has 2 heteroatoms. The maximum atomic E-state index is 10.8. The van der Waals surface area contributed by atoms with Gasteiger partial charge in [-0.2, -0.15) is 0 Å². The molecule has 142 valence electrons. The molecule has 2 rings (SSSR count). The Balaban J connectivity index is 2.81. The van der Waals surface area contributed by atoms with Gasteiger partial charge in [0.2, 0.25) is 0 Å². The lowest BCUT2D eigenvalue weighted by molar-refractivity contribution is 0.467. The molecule has 0 heterocycles. The lowest BCUT2D eigenvalue weighted by Crippen LogP contribution is -2.03. The highest BCUT2D eigenvalue weighted by Crippen LogP contribution is 2.44. The van der Waals surface area contributed by atoms with E-state index in [4.69, 9.17) is 0 Å². The third-order valence-electron chi connectivity index (χ3n) is 5.06. The first-order valence-corrected chi connectivity index (χ1v) is 10.3. The second-order valence-corrected chi connectivity index (χ2v) is 7.19. The molecule has 2 aromatic carbocycles. The smallest absolute Gasteiger partial charge is 0.123 e. The molecule has 0 aliphatic heterocycles. The number of phenols is 2. The monoisotopic (exact) mass is 354 g/mol. The molecule has 0 aromatic heterocycles. The summed E-state index contributed by atoms with van der Waals surface area (Å²) in [5.74, 6) is 0.573. The molecular weight excluding hydrogens is 320 g/mol. The van der Waals surface area contributed by atoms with E-state index in [0.29, 0.717) is 0 Å². The zero-order chi connectivity index (χ0) is 19.1. The molecule has 0 atom stereocenters. The first kappa shape index (κ1) is 20.4. The lowest BCUT2D eigenvalue weighted by Gasteiger charge is -2.21. The molecule has 2 aromatic rings. The molecule has 0 radical (unpaired) electrons. The summed E-state index contributed by atoms with van der Waals surface area (Å²) >= 11 is 0. The fraction of sp³-hybridized carbons (Fsp3) is 0.500. The van der Waals surface area contributed by atoms with Gasteiger partial charge in [-0.1, -0.05) is 65.5 Å². The van der Waals surface area contributed by atoms with Crippen LogP contribution in [0, 0.1) is 0 Å². The van der Waals surface area contributed by atoms with Crippen LogP contribution in [-0.2, 0) is 25.7 Å². The molecule has 0 saturated carbocycles. The van der Waals surface area contributed by atoms with Crippen molar-refractivity contribution < 1.29 is 10.2 Å². The van der Waals surface area contributed by atoms with Gasteiger partial charge in [0.15, 0.2) is 0 Å². The van der Waals surface area contributed by atoms with Crippen LogP contribution in [0.25, 0.3) is 11.1 Å². The second kappa shape index (κ2) is 9.66. The van der Waals surface area contributed by atoms with Gasteiger partial charge in [0.1, 0.15) is 11.5 Å². The number of hydrogen-bond acceptors (Lipinski definition) is 2. The van der Waals surface area contributed by atoms with E-state index in [-0.39, 0.29) is 11.5 Å². The summed E-state index contributed by atoms with van der Waals surface area (Å²) in [5.41, 5.74) is 6.72. The molecule has 0 unspecified atom stereocenters. The first-order chi connectivity index (χ1) is 12.6. The van der Waals surface area contributed by atoms with Gasteiger partial charge in [-0.05, 0) is 60.1 Å². The highest BCUT2D eigenvalue weighted by atomic mass is 16.3. The standard InChI is InChI=1S/C24H34O2/c1-5-9-17-13-15-21(25)23(19(17)11-7-3)24-20(12-8-4)18(10-6-2)14-16-22(24)26/h13-16,25-26H,5-12H2,1-4H3. The van der Waals surface area contributed by atoms with E-state index in [9.17, 15) is 10.2 Å². The predicted molar refractivity (Wildman–Crippen MR) is 111 cm³/mol. The highest BCUT2D eigenvalue weighted by Gasteiger charge is 2.21. The largest absolute Gasteiger partial charge is 0.507 e. The van der Waals surface area contributed by atoms with E-state index in [1.165, 1.54) is 22.3 Å². The van der Waals surface area contributed by atoms with Gasteiger partial charge < -0.3 is 10.2 Å². The number of rotatable bonds is 9. The van der Waals surface area contributed by atoms with E-state index in [2.05, 4.69) is 39.8 Å². The van der Waals surface area contributed by atoms with Crippen LogP contribution in [0.5, 0.6) is 11.5 Å². The van der Waals surface area contributed by atoms with Gasteiger partial charge in [0.05, 0.1) is 0 Å². The zero-order valence-corrected chi connectivity index (χ0v) is 16.9. The summed E-state index contributed by atoms with van der Waals surface area (Å²) in [4.78, 5) is 0. The van der Waals surface area contributed by atoms with Gasteiger partial charge in [0, 0.05) is 11.1 Å². The average Bonchev–Trinajstić information content (AvgIpc) is 2.62. The Hall–Kier alpha value is -1.96. The normalized spacial score (nSPS) is 11.1. The minimum atomic E-state index is 0.287. The molecule has 0 fully saturated rings. The quantitative estimate of drug-likeness (QED) is 0.534. The summed E-state index contributed by atoms with van der Waals surface area (Å²) in [6, 6.07) is 7.72. The molecule has 0 aliphatic carbocycles. The third-order valence-corrected chi connectivity index (χ3v) is 5.06. The Bertz CT molecular complexity index is 668. The number of phenolic OH excluding ortho intramolecular Hbond substituents is 2. The Labute approximate surface area is 158 Å². The Morgan fingerprint density at radius 3 is 1.19 bits per heavy atom. The van der Waals surface area contributed by atoms with Gasteiger partial charge in [-0.3, -0.25) is 0 Å². The van der Waals surface area contributed by atoms with Crippen molar-refractivity contribution >= 4 is 0 Å². The fourth-order valence-electron chi connectivity index (χ4n) is 3.99. The Morgan fingerprint density at radius 1 is 0.538 bits per heavy atom. The number of aromatic hydroxyl groups is 2. The molecule has 0 bridgehead atoms. The van der Waals surface area contributed by atoms with Crippen LogP contribution in [0.4, 0.5) is 0 Å². The van der Waals surface area contributed by atoms with Crippen molar-refractivity contribution in [3.05, 3.63) is 46.5 Å². The summed E-state index contributed by atoms with van der Waals surface area (Å²) in [6.45, 7) is 8.71. The average molecular weight is 355 g/mol. The molecule has 26 heavy (non-hydrogen) atoms. The summed E-state index contributed by atoms with van der Waals surface area (Å²) < 4.78 is 0. The molecule has 0 aliphatic rings. The van der Waals surface area contributed by atoms with E-state index >= 15 is 0 Å². The van der Waals surface area contributed by atoms with Crippen molar-refractivity contribution in [2.45, 2.75) is 79.1 Å². The zero-order valence-electron chi connectivity index (χ0n) is 16.9. The van der Waals surface area contributed by atoms with Crippen molar-refractivity contribution in [2.24, 2.45) is 0 Å². The fourth-order valence-corrected chi connectivity index (χ4v) is 3.99. The minimum Gasteiger partial charge on any atom is -0.507 e. The molecule has 2 N–H and O–H groups in total. The van der Waals surface area contributed by atoms with Crippen LogP contribution in [0.1, 0.15) is 75.6 Å². The summed E-state index contributed by atoms with van der Waals surface area (Å²) in [7, 11) is 0. The maximum absolute atomic E-state index is 10.8. The molecular formula is C24H34O2. The van der Waals surface area contributed by atoms with Crippen LogP contribution in [-0.4, -0.2) is 10.2 Å². The van der Waals surface area contributed by atoms with E-state index < -0.39 is 0 Å². The second-order valence-electron chi connectivity index (χ2n) is 7.19. The van der Waals surface area contributed by atoms with Crippen molar-refractivity contribution in [3.8, 4) is 22.6 Å². The number of benzene rings is 2. The van der Waals surface area contributed by atoms with Gasteiger partial charge >= 0.3 is 0 Å². The van der Waals surface area contributed by atoms with Gasteiger partial charge in [0.25, 0.3) is 0 Å². The van der Waals surface area contributed by atoms with Crippen LogP contribution < -0.4 is 0 Å². The van der Waals surface area contributed by atoms with E-state index in [0.717, 1.165) is 62.5 Å². The first-order valence-electron chi connectivity index (χ1n) is 10.3. The highest BCUT2D eigenvalue weighted by molar-refractivity contribution is 5.82. The summed E-state index contributed by atoms with van der Waals surface area (Å²) in [5, 5.41) is 21.6. The number of hydrogen-bond donors (Lipinski definition) is 2. The predicted octanol–water partition coefficient (Wildman–Crippen LogP) is 6.57. The molecule has 0 spiro atoms. The summed E-state index contributed by atoms with van der Waals surface area (Å²) in [6.07, 6.45) is 8.03. The maximum Gasteiger partial charge on any atom is 0.123 e. The SMILES string of the molecule is CCCc1ccc(O)c(-c2c(O)ccc(CCC)c2CCC)c1CCC. The Morgan fingerprint density at radius 2 is 0.885 bits per heavy atom. The minimum absolute atomic E-state index is 0.287. The van der Waals surface area contributed by atoms with Crippen molar-refractivity contribution in [1.82, 2.24) is 0 Å². The van der Waals surface area contributed by atoms with Crippen molar-refractivity contribution in [2.75, 3.05) is 0 Å². The van der Waals surface area contributed by atoms with Gasteiger partial charge in [-0.25, -0.2) is 0 Å². The van der Waals surface area contributed by atoms with Gasteiger partial charge in [-0.15, -0.1) is 0 Å². The molecule has 2 nitrogen and oxygen atoms in total. The third kappa shape index (κ3) is 4.23. The van der Waals surface area contributed by atoms with Crippen molar-refractivity contribution in [3.63, 3.8) is 0 Å². The topological polar surface area (TPSA) is 40.5 Å². The van der Waals surface area contributed by atoms with Crippen molar-refractivity contribution in [1.29, 1.82) is 0 Å². The van der Waals surface area contributed by atoms with E-state index in [1.54, 1.807) is 12.1 Å². The van der Waals surface area contributed by atoms with Crippen LogP contribution in [0.15, 0.2) is 24.3 Å². The lowest BCUT2D eigenvalue weighted by atomic mass is 9.84. The van der Waals surface area contributed by atoms with E-state index in [1.807, 2.05) is 0 Å². The van der Waals surface area contributed by atoms with Crippen LogP contribution >= 0.6 is 0 Å². The van der Waals surface area contributed by atoms with Crippen LogP contribution in [0.3, 0.4) is 0 Å². The Kier molecular flexibility index (Phi) is 7.56. The molecule has 0 saturated heterocycles. The number of aryl methyl sites for hydroxylation is 2.